The smallest absolute Gasteiger partial charge is 0.274 e. The van der Waals surface area contributed by atoms with Gasteiger partial charge < -0.3 is 24.6 Å². The van der Waals surface area contributed by atoms with Gasteiger partial charge in [0.15, 0.2) is 11.4 Å². The summed E-state index contributed by atoms with van der Waals surface area (Å²) in [5.41, 5.74) is -1.66. The molecule has 2 aromatic rings. The van der Waals surface area contributed by atoms with Crippen LogP contribution in [0.15, 0.2) is 23.1 Å². The molecule has 4 rings (SSSR count). The number of fused-ring (bicyclic) bond motifs is 3. The Hall–Kier alpha value is -3.27. The van der Waals surface area contributed by atoms with Crippen LogP contribution < -0.4 is 10.7 Å². The van der Waals surface area contributed by atoms with E-state index in [1.54, 1.807) is 7.05 Å². The van der Waals surface area contributed by atoms with E-state index in [1.807, 2.05) is 0 Å². The van der Waals surface area contributed by atoms with E-state index in [9.17, 15) is 28.3 Å². The number of nitrogens with zero attached hydrogens (tertiary/aromatic N) is 2. The molecule has 0 aliphatic carbocycles. The summed E-state index contributed by atoms with van der Waals surface area (Å²) in [6, 6.07) is 1.72. The lowest BCUT2D eigenvalue weighted by Crippen LogP contribution is -2.54. The van der Waals surface area contributed by atoms with Crippen LogP contribution in [0, 0.1) is 18.6 Å². The van der Waals surface area contributed by atoms with Crippen molar-refractivity contribution in [2.45, 2.75) is 32.0 Å². The lowest BCUT2D eigenvalue weighted by Gasteiger charge is -2.44. The molecule has 0 bridgehead atoms. The van der Waals surface area contributed by atoms with Gasteiger partial charge in [0.1, 0.15) is 17.2 Å². The van der Waals surface area contributed by atoms with Crippen LogP contribution in [-0.4, -0.2) is 52.7 Å². The first-order valence-electron chi connectivity index (χ1n) is 9.77. The van der Waals surface area contributed by atoms with Crippen LogP contribution in [0.4, 0.5) is 8.78 Å². The molecule has 2 N–H and O–H groups in total. The van der Waals surface area contributed by atoms with Gasteiger partial charge in [-0.05, 0) is 19.4 Å². The summed E-state index contributed by atoms with van der Waals surface area (Å²) in [5.74, 6) is -3.68. The summed E-state index contributed by atoms with van der Waals surface area (Å²) in [6.45, 7) is 1.72. The Morgan fingerprint density at radius 3 is 2.77 bits per heavy atom. The highest BCUT2D eigenvalue weighted by Crippen LogP contribution is 2.34. The van der Waals surface area contributed by atoms with Crippen LogP contribution in [0.2, 0.25) is 0 Å². The number of likely N-dealkylation sites (N-methyl/N-ethyl adjacent to an activating group) is 1. The zero-order valence-corrected chi connectivity index (χ0v) is 16.9. The number of aromatic hydroxyl groups is 1. The lowest BCUT2D eigenvalue weighted by molar-refractivity contribution is -0.0115. The molecular formula is C21H21F2N3O5. The number of hydrogen-bond donors (Lipinski definition) is 2. The number of aromatic nitrogens is 1. The molecule has 1 aromatic heterocycles. The van der Waals surface area contributed by atoms with E-state index in [2.05, 4.69) is 5.32 Å². The molecule has 0 radical (unpaired) electrons. The third kappa shape index (κ3) is 3.36. The van der Waals surface area contributed by atoms with Crippen molar-refractivity contribution in [3.63, 3.8) is 0 Å². The molecule has 164 valence electrons. The van der Waals surface area contributed by atoms with Gasteiger partial charge in [0, 0.05) is 37.5 Å². The minimum absolute atomic E-state index is 0.0517. The second-order valence-corrected chi connectivity index (χ2v) is 7.72. The van der Waals surface area contributed by atoms with Gasteiger partial charge in [0.2, 0.25) is 5.43 Å². The molecule has 0 spiro atoms. The first-order chi connectivity index (χ1) is 14.7. The standard InChI is InChI=1S/C21H21F2N3O5/c1-10-13(22)4-3-11(16(10)23)7-24-20(29)12-8-26-14-5-6-31-9-15(14)25(2)21(30)17(26)19(28)18(12)27/h3-4,8,14-15,28H,5-7,9H2,1-2H3,(H,24,29)/t14-,15-/m1/s1. The summed E-state index contributed by atoms with van der Waals surface area (Å²) in [6.07, 6.45) is 1.78. The number of carbonyl (C=O) groups is 2. The van der Waals surface area contributed by atoms with Crippen molar-refractivity contribution in [3.8, 4) is 5.75 Å². The maximum Gasteiger partial charge on any atom is 0.274 e. The van der Waals surface area contributed by atoms with Crippen molar-refractivity contribution in [1.82, 2.24) is 14.8 Å². The number of pyridine rings is 1. The molecule has 2 amide bonds. The zero-order valence-electron chi connectivity index (χ0n) is 16.9. The number of hydrogen-bond acceptors (Lipinski definition) is 5. The Morgan fingerprint density at radius 2 is 2.03 bits per heavy atom. The lowest BCUT2D eigenvalue weighted by atomic mass is 9.96. The molecule has 2 aliphatic rings. The molecule has 1 saturated heterocycles. The van der Waals surface area contributed by atoms with Crippen molar-refractivity contribution in [1.29, 1.82) is 0 Å². The van der Waals surface area contributed by atoms with Gasteiger partial charge in [0.05, 0.1) is 18.7 Å². The average molecular weight is 433 g/mol. The van der Waals surface area contributed by atoms with Crippen LogP contribution in [0.5, 0.6) is 5.75 Å². The van der Waals surface area contributed by atoms with Gasteiger partial charge in [-0.25, -0.2) is 8.78 Å². The summed E-state index contributed by atoms with van der Waals surface area (Å²) < 4.78 is 34.5. The summed E-state index contributed by atoms with van der Waals surface area (Å²) in [5, 5.41) is 12.9. The van der Waals surface area contributed by atoms with Crippen LogP contribution in [0.1, 0.15) is 44.4 Å². The second-order valence-electron chi connectivity index (χ2n) is 7.72. The van der Waals surface area contributed by atoms with Crippen molar-refractivity contribution in [2.75, 3.05) is 20.3 Å². The van der Waals surface area contributed by atoms with Crippen LogP contribution in [0.3, 0.4) is 0 Å². The summed E-state index contributed by atoms with van der Waals surface area (Å²) in [4.78, 5) is 39.5. The summed E-state index contributed by atoms with van der Waals surface area (Å²) in [7, 11) is 1.57. The predicted molar refractivity (Wildman–Crippen MR) is 105 cm³/mol. The topological polar surface area (TPSA) is 101 Å². The first kappa shape index (κ1) is 21.0. The monoisotopic (exact) mass is 433 g/mol. The van der Waals surface area contributed by atoms with Gasteiger partial charge in [-0.15, -0.1) is 0 Å². The second kappa shape index (κ2) is 7.77. The molecule has 0 saturated carbocycles. The van der Waals surface area contributed by atoms with E-state index in [1.165, 1.54) is 28.7 Å². The van der Waals surface area contributed by atoms with Crippen LogP contribution in [-0.2, 0) is 11.3 Å². The van der Waals surface area contributed by atoms with E-state index in [0.717, 1.165) is 6.07 Å². The molecule has 2 aliphatic heterocycles. The molecule has 3 heterocycles. The molecular weight excluding hydrogens is 412 g/mol. The van der Waals surface area contributed by atoms with Crippen molar-refractivity contribution in [2.24, 2.45) is 0 Å². The number of rotatable bonds is 3. The maximum atomic E-state index is 14.2. The van der Waals surface area contributed by atoms with Gasteiger partial charge >= 0.3 is 0 Å². The summed E-state index contributed by atoms with van der Waals surface area (Å²) >= 11 is 0. The van der Waals surface area contributed by atoms with Crippen molar-refractivity contribution in [3.05, 3.63) is 62.6 Å². The SMILES string of the molecule is Cc1c(F)ccc(CNC(=O)c2cn3c(c(O)c2=O)C(=O)N(C)[C@@H]2COCC[C@H]23)c1F. The van der Waals surface area contributed by atoms with Gasteiger partial charge in [-0.1, -0.05) is 6.07 Å². The van der Waals surface area contributed by atoms with E-state index < -0.39 is 34.6 Å². The highest BCUT2D eigenvalue weighted by atomic mass is 19.1. The number of amides is 2. The number of nitrogens with one attached hydrogen (secondary N) is 1. The third-order valence-electron chi connectivity index (χ3n) is 5.96. The Kier molecular flexibility index (Phi) is 5.26. The third-order valence-corrected chi connectivity index (χ3v) is 5.96. The number of carbonyl (C=O) groups excluding carboxylic acids is 2. The molecule has 2 atom stereocenters. The zero-order chi connectivity index (χ0) is 22.4. The molecule has 31 heavy (non-hydrogen) atoms. The average Bonchev–Trinajstić information content (AvgIpc) is 2.77. The fourth-order valence-corrected chi connectivity index (χ4v) is 4.10. The normalized spacial score (nSPS) is 20.3. The van der Waals surface area contributed by atoms with Crippen molar-refractivity contribution >= 4 is 11.8 Å². The molecule has 8 nitrogen and oxygen atoms in total. The molecule has 0 unspecified atom stereocenters. The van der Waals surface area contributed by atoms with Crippen LogP contribution >= 0.6 is 0 Å². The number of benzene rings is 1. The molecule has 1 aromatic carbocycles. The fraction of sp³-hybridized carbons (Fsp3) is 0.381. The Labute approximate surface area is 176 Å². The molecule has 1 fully saturated rings. The Morgan fingerprint density at radius 1 is 1.29 bits per heavy atom. The van der Waals surface area contributed by atoms with Gasteiger partial charge in [-0.3, -0.25) is 14.4 Å². The molecule has 10 heteroatoms. The highest BCUT2D eigenvalue weighted by Gasteiger charge is 2.42. The van der Waals surface area contributed by atoms with E-state index >= 15 is 0 Å². The van der Waals surface area contributed by atoms with Crippen molar-refractivity contribution < 1.29 is 28.2 Å². The quantitative estimate of drug-likeness (QED) is 0.764. The van der Waals surface area contributed by atoms with Crippen LogP contribution in [0.25, 0.3) is 0 Å². The van der Waals surface area contributed by atoms with E-state index in [0.29, 0.717) is 19.6 Å². The Bertz CT molecular complexity index is 1150. The largest absolute Gasteiger partial charge is 0.503 e. The van der Waals surface area contributed by atoms with Gasteiger partial charge in [0.25, 0.3) is 11.8 Å². The minimum atomic E-state index is -0.994. The Balaban J connectivity index is 1.68. The predicted octanol–water partition coefficient (Wildman–Crippen LogP) is 1.49. The van der Waals surface area contributed by atoms with E-state index in [-0.39, 0.29) is 41.0 Å². The maximum absolute atomic E-state index is 14.2. The number of ether oxygens (including phenoxy) is 1. The van der Waals surface area contributed by atoms with E-state index in [4.69, 9.17) is 4.74 Å². The number of halogens is 2. The highest BCUT2D eigenvalue weighted by molar-refractivity contribution is 5.99. The first-order valence-corrected chi connectivity index (χ1v) is 9.77. The fourth-order valence-electron chi connectivity index (χ4n) is 4.10. The van der Waals surface area contributed by atoms with Gasteiger partial charge in [-0.2, -0.15) is 0 Å². The minimum Gasteiger partial charge on any atom is -0.503 e.